The van der Waals surface area contributed by atoms with Crippen molar-refractivity contribution in [2.24, 2.45) is 5.41 Å². The number of hydrogen-bond acceptors (Lipinski definition) is 8. The first-order chi connectivity index (χ1) is 17.5. The molecule has 0 aromatic rings. The molecule has 2 unspecified atom stereocenters. The van der Waals surface area contributed by atoms with Gasteiger partial charge in [-0.25, -0.2) is 0 Å². The Labute approximate surface area is 228 Å². The molecule has 37 heavy (non-hydrogen) atoms. The van der Waals surface area contributed by atoms with E-state index in [0.29, 0.717) is 66.1 Å². The fourth-order valence-corrected chi connectivity index (χ4v) is 3.68. The standard InChI is InChI=1S/C29H60O8/c1-23(2)34-15-11-13-30-19-29(20-31-14-12-16-35-24(3)4,21-32-17-27(9)36-25(5)6)22-33-18-28(10)37-26(7)8/h23-28H,11-22H2,1-10H3. The van der Waals surface area contributed by atoms with E-state index in [2.05, 4.69) is 0 Å². The Balaban J connectivity index is 5.12. The highest BCUT2D eigenvalue weighted by atomic mass is 16.6. The third kappa shape index (κ3) is 23.3. The van der Waals surface area contributed by atoms with E-state index < -0.39 is 5.41 Å². The van der Waals surface area contributed by atoms with E-state index in [0.717, 1.165) is 12.8 Å². The second kappa shape index (κ2) is 22.5. The fraction of sp³-hybridized carbons (Fsp3) is 1.00. The molecule has 8 heteroatoms. The van der Waals surface area contributed by atoms with E-state index in [1.54, 1.807) is 0 Å². The monoisotopic (exact) mass is 536 g/mol. The zero-order valence-corrected chi connectivity index (χ0v) is 25.7. The minimum absolute atomic E-state index is 0.00119. The first-order valence-electron chi connectivity index (χ1n) is 14.3. The average molecular weight is 537 g/mol. The number of ether oxygens (including phenoxy) is 8. The summed E-state index contributed by atoms with van der Waals surface area (Å²) in [4.78, 5) is 0. The molecule has 0 saturated heterocycles. The molecule has 0 amide bonds. The van der Waals surface area contributed by atoms with E-state index >= 15 is 0 Å². The Kier molecular flexibility index (Phi) is 22.3. The predicted molar refractivity (Wildman–Crippen MR) is 148 cm³/mol. The molecule has 0 bridgehead atoms. The van der Waals surface area contributed by atoms with Crippen LogP contribution in [0.1, 0.15) is 82.1 Å². The summed E-state index contributed by atoms with van der Waals surface area (Å²) in [7, 11) is 0. The molecule has 0 aliphatic rings. The number of hydrogen-bond donors (Lipinski definition) is 0. The van der Waals surface area contributed by atoms with Gasteiger partial charge in [0.05, 0.1) is 81.7 Å². The van der Waals surface area contributed by atoms with Gasteiger partial charge in [0, 0.05) is 26.4 Å². The highest BCUT2D eigenvalue weighted by molar-refractivity contribution is 4.80. The lowest BCUT2D eigenvalue weighted by Crippen LogP contribution is -2.43. The molecule has 0 radical (unpaired) electrons. The van der Waals surface area contributed by atoms with Crippen molar-refractivity contribution in [3.05, 3.63) is 0 Å². The summed E-state index contributed by atoms with van der Waals surface area (Å²) in [5, 5.41) is 0. The van der Waals surface area contributed by atoms with Crippen LogP contribution in [0.3, 0.4) is 0 Å². The van der Waals surface area contributed by atoms with Crippen LogP contribution in [0.4, 0.5) is 0 Å². The Hall–Kier alpha value is -0.320. The van der Waals surface area contributed by atoms with Crippen molar-refractivity contribution in [1.29, 1.82) is 0 Å². The molecular weight excluding hydrogens is 476 g/mol. The highest BCUT2D eigenvalue weighted by Crippen LogP contribution is 2.22. The Morgan fingerprint density at radius 1 is 0.432 bits per heavy atom. The lowest BCUT2D eigenvalue weighted by molar-refractivity contribution is -0.131. The van der Waals surface area contributed by atoms with Crippen molar-refractivity contribution in [2.45, 2.75) is 119 Å². The topological polar surface area (TPSA) is 73.8 Å². The van der Waals surface area contributed by atoms with Crippen LogP contribution in [0.2, 0.25) is 0 Å². The molecular formula is C29H60O8. The van der Waals surface area contributed by atoms with Crippen LogP contribution >= 0.6 is 0 Å². The molecule has 8 nitrogen and oxygen atoms in total. The van der Waals surface area contributed by atoms with Gasteiger partial charge in [-0.2, -0.15) is 0 Å². The zero-order valence-electron chi connectivity index (χ0n) is 25.7. The lowest BCUT2D eigenvalue weighted by atomic mass is 9.92. The summed E-state index contributed by atoms with van der Waals surface area (Å²) in [5.74, 6) is 0. The van der Waals surface area contributed by atoms with Gasteiger partial charge in [0.25, 0.3) is 0 Å². The molecule has 0 saturated carbocycles. The van der Waals surface area contributed by atoms with Crippen LogP contribution in [-0.4, -0.2) is 103 Å². The van der Waals surface area contributed by atoms with E-state index in [9.17, 15) is 0 Å². The van der Waals surface area contributed by atoms with Crippen molar-refractivity contribution in [3.8, 4) is 0 Å². The van der Waals surface area contributed by atoms with E-state index in [1.807, 2.05) is 69.2 Å². The van der Waals surface area contributed by atoms with Crippen LogP contribution in [0.25, 0.3) is 0 Å². The summed E-state index contributed by atoms with van der Waals surface area (Å²) in [6.45, 7) is 25.7. The van der Waals surface area contributed by atoms with Gasteiger partial charge in [0.15, 0.2) is 0 Å². The van der Waals surface area contributed by atoms with Crippen molar-refractivity contribution in [2.75, 3.05) is 66.1 Å². The fourth-order valence-electron chi connectivity index (χ4n) is 3.68. The SMILES string of the molecule is CC(C)OCCCOCC(COCCCOC(C)C)(COCC(C)OC(C)C)COCC(C)OC(C)C. The molecule has 0 aromatic heterocycles. The first-order valence-corrected chi connectivity index (χ1v) is 14.3. The van der Waals surface area contributed by atoms with E-state index in [1.165, 1.54) is 0 Å². The summed E-state index contributed by atoms with van der Waals surface area (Å²) in [5.41, 5.74) is -0.451. The Morgan fingerprint density at radius 3 is 1.11 bits per heavy atom. The predicted octanol–water partition coefficient (Wildman–Crippen LogP) is 5.30. The van der Waals surface area contributed by atoms with E-state index in [4.69, 9.17) is 37.9 Å². The van der Waals surface area contributed by atoms with Gasteiger partial charge in [0.2, 0.25) is 0 Å². The molecule has 0 aliphatic heterocycles. The minimum Gasteiger partial charge on any atom is -0.381 e. The molecule has 0 fully saturated rings. The number of rotatable bonds is 26. The molecule has 224 valence electrons. The molecule has 0 rings (SSSR count). The van der Waals surface area contributed by atoms with Crippen molar-refractivity contribution >= 4 is 0 Å². The van der Waals surface area contributed by atoms with Crippen LogP contribution in [-0.2, 0) is 37.9 Å². The van der Waals surface area contributed by atoms with Gasteiger partial charge >= 0.3 is 0 Å². The van der Waals surface area contributed by atoms with Crippen LogP contribution < -0.4 is 0 Å². The summed E-state index contributed by atoms with van der Waals surface area (Å²) in [6, 6.07) is 0. The van der Waals surface area contributed by atoms with Crippen LogP contribution in [0.5, 0.6) is 0 Å². The normalized spacial score (nSPS) is 14.4. The molecule has 0 heterocycles. The summed E-state index contributed by atoms with van der Waals surface area (Å²) in [6.07, 6.45) is 2.42. The van der Waals surface area contributed by atoms with Gasteiger partial charge < -0.3 is 37.9 Å². The van der Waals surface area contributed by atoms with Gasteiger partial charge in [-0.1, -0.05) is 0 Å². The van der Waals surface area contributed by atoms with Crippen molar-refractivity contribution in [1.82, 2.24) is 0 Å². The zero-order chi connectivity index (χ0) is 28.1. The van der Waals surface area contributed by atoms with Crippen LogP contribution in [0, 0.1) is 5.41 Å². The van der Waals surface area contributed by atoms with Crippen LogP contribution in [0.15, 0.2) is 0 Å². The summed E-state index contributed by atoms with van der Waals surface area (Å²) >= 11 is 0. The third-order valence-corrected chi connectivity index (χ3v) is 5.12. The van der Waals surface area contributed by atoms with Gasteiger partial charge in [-0.3, -0.25) is 0 Å². The second-order valence-electron chi connectivity index (χ2n) is 11.2. The van der Waals surface area contributed by atoms with E-state index in [-0.39, 0.29) is 36.6 Å². The van der Waals surface area contributed by atoms with Gasteiger partial charge in [-0.15, -0.1) is 0 Å². The van der Waals surface area contributed by atoms with Gasteiger partial charge in [-0.05, 0) is 82.1 Å². The first kappa shape index (κ1) is 36.7. The maximum Gasteiger partial charge on any atom is 0.0783 e. The summed E-state index contributed by atoms with van der Waals surface area (Å²) < 4.78 is 47.5. The van der Waals surface area contributed by atoms with Crippen molar-refractivity contribution < 1.29 is 37.9 Å². The smallest absolute Gasteiger partial charge is 0.0783 e. The Morgan fingerprint density at radius 2 is 0.784 bits per heavy atom. The molecule has 0 aromatic carbocycles. The van der Waals surface area contributed by atoms with Crippen molar-refractivity contribution in [3.63, 3.8) is 0 Å². The average Bonchev–Trinajstić information content (AvgIpc) is 2.77. The largest absolute Gasteiger partial charge is 0.381 e. The van der Waals surface area contributed by atoms with Gasteiger partial charge in [0.1, 0.15) is 0 Å². The quantitative estimate of drug-likeness (QED) is 0.138. The maximum atomic E-state index is 6.16. The maximum absolute atomic E-state index is 6.16. The molecule has 0 aliphatic carbocycles. The third-order valence-electron chi connectivity index (χ3n) is 5.12. The second-order valence-corrected chi connectivity index (χ2v) is 11.2. The highest BCUT2D eigenvalue weighted by Gasteiger charge is 2.33. The molecule has 0 N–H and O–H groups in total. The molecule has 2 atom stereocenters. The Bertz CT molecular complexity index is 454. The minimum atomic E-state index is -0.451. The lowest BCUT2D eigenvalue weighted by Gasteiger charge is -2.34. The molecule has 0 spiro atoms.